The van der Waals surface area contributed by atoms with Gasteiger partial charge in [-0.15, -0.1) is 5.10 Å². The maximum atomic E-state index is 12.9. The van der Waals surface area contributed by atoms with Crippen LogP contribution in [0.5, 0.6) is 0 Å². The molecule has 152 valence electrons. The minimum absolute atomic E-state index is 0. The number of pyridine rings is 1. The number of imide groups is 1. The molecule has 1 aromatic carbocycles. The predicted octanol–water partition coefficient (Wildman–Crippen LogP) is 3.13. The first-order valence-corrected chi connectivity index (χ1v) is 9.22. The van der Waals surface area contributed by atoms with Gasteiger partial charge in [-0.2, -0.15) is 23.4 Å². The van der Waals surface area contributed by atoms with Gasteiger partial charge in [0.15, 0.2) is 17.5 Å². The molecular formula is C21H20N6O2S. The Hall–Kier alpha value is -3.51. The summed E-state index contributed by atoms with van der Waals surface area (Å²) >= 11 is 0. The molecule has 2 aromatic heterocycles. The van der Waals surface area contributed by atoms with Crippen molar-refractivity contribution in [1.82, 2.24) is 24.6 Å². The van der Waals surface area contributed by atoms with E-state index >= 15 is 0 Å². The molecule has 3 heterocycles. The molecule has 0 unspecified atom stereocenters. The Labute approximate surface area is 180 Å². The van der Waals surface area contributed by atoms with Crippen molar-refractivity contribution in [3.8, 4) is 11.9 Å². The molecule has 0 saturated heterocycles. The van der Waals surface area contributed by atoms with Crippen LogP contribution in [0.1, 0.15) is 70.7 Å². The average molecular weight is 420 g/mol. The molecule has 0 bridgehead atoms. The lowest BCUT2D eigenvalue weighted by Gasteiger charge is -2.22. The average Bonchev–Trinajstić information content (AvgIpc) is 3.29. The van der Waals surface area contributed by atoms with E-state index in [0.717, 1.165) is 0 Å². The van der Waals surface area contributed by atoms with Gasteiger partial charge in [0, 0.05) is 12.1 Å². The standard InChI is InChI=1S/C21H18N6O2.H2S/c1-12(2)18-24-19(27(25-18)17-9-8-14(10-22)11-23-17)13(3)26-20(28)15-6-4-5-7-16(15)21(26)29;/h4-9,11-13H,1-3H3;1H2/t13-;/m0./s1. The second-order valence-corrected chi connectivity index (χ2v) is 7.11. The zero-order valence-electron chi connectivity index (χ0n) is 16.7. The number of aromatic nitrogens is 4. The van der Waals surface area contributed by atoms with Crippen LogP contribution in [0.2, 0.25) is 0 Å². The summed E-state index contributed by atoms with van der Waals surface area (Å²) in [6.07, 6.45) is 1.45. The van der Waals surface area contributed by atoms with Gasteiger partial charge in [0.25, 0.3) is 11.8 Å². The minimum Gasteiger partial charge on any atom is -0.269 e. The van der Waals surface area contributed by atoms with Gasteiger partial charge in [-0.05, 0) is 31.2 Å². The maximum absolute atomic E-state index is 12.9. The van der Waals surface area contributed by atoms with Crippen LogP contribution in [0.3, 0.4) is 0 Å². The molecule has 1 aliphatic heterocycles. The lowest BCUT2D eigenvalue weighted by molar-refractivity contribution is 0.0587. The fraction of sp³-hybridized carbons (Fsp3) is 0.238. The third-order valence-electron chi connectivity index (χ3n) is 4.85. The van der Waals surface area contributed by atoms with Crippen LogP contribution in [0.15, 0.2) is 42.6 Å². The zero-order valence-corrected chi connectivity index (χ0v) is 17.7. The number of carbonyl (C=O) groups excluding carboxylic acids is 2. The fourth-order valence-corrected chi connectivity index (χ4v) is 3.28. The van der Waals surface area contributed by atoms with E-state index in [2.05, 4.69) is 15.1 Å². The number of nitriles is 1. The van der Waals surface area contributed by atoms with Crippen LogP contribution >= 0.6 is 13.5 Å². The highest BCUT2D eigenvalue weighted by molar-refractivity contribution is 7.59. The SMILES string of the molecule is CC(C)c1nc([C@H](C)N2C(=O)c3ccccc3C2=O)n(-c2ccc(C#N)cn2)n1.S. The summed E-state index contributed by atoms with van der Waals surface area (Å²) in [6.45, 7) is 5.67. The molecule has 0 fully saturated rings. The molecule has 4 rings (SSSR count). The second kappa shape index (κ2) is 8.08. The van der Waals surface area contributed by atoms with E-state index in [1.807, 2.05) is 19.9 Å². The van der Waals surface area contributed by atoms with Gasteiger partial charge in [-0.25, -0.2) is 9.97 Å². The molecule has 0 N–H and O–H groups in total. The second-order valence-electron chi connectivity index (χ2n) is 7.11. The Kier molecular flexibility index (Phi) is 5.71. The molecule has 0 radical (unpaired) electrons. The Morgan fingerprint density at radius 1 is 1.00 bits per heavy atom. The van der Waals surface area contributed by atoms with Crippen molar-refractivity contribution < 1.29 is 9.59 Å². The van der Waals surface area contributed by atoms with Gasteiger partial charge in [-0.1, -0.05) is 26.0 Å². The summed E-state index contributed by atoms with van der Waals surface area (Å²) in [6, 6.07) is 11.4. The van der Waals surface area contributed by atoms with Crippen molar-refractivity contribution >= 4 is 25.3 Å². The quantitative estimate of drug-likeness (QED) is 0.601. The van der Waals surface area contributed by atoms with E-state index in [0.29, 0.717) is 34.2 Å². The molecular weight excluding hydrogens is 400 g/mol. The number of benzene rings is 1. The number of hydrogen-bond acceptors (Lipinski definition) is 6. The number of fused-ring (bicyclic) bond motifs is 1. The van der Waals surface area contributed by atoms with Crippen molar-refractivity contribution in [3.63, 3.8) is 0 Å². The summed E-state index contributed by atoms with van der Waals surface area (Å²) in [5.74, 6) is 0.803. The van der Waals surface area contributed by atoms with E-state index in [-0.39, 0.29) is 31.2 Å². The van der Waals surface area contributed by atoms with Crippen molar-refractivity contribution in [2.24, 2.45) is 0 Å². The summed E-state index contributed by atoms with van der Waals surface area (Å²) < 4.78 is 1.53. The highest BCUT2D eigenvalue weighted by atomic mass is 32.1. The Balaban J connectivity index is 0.00000256. The maximum Gasteiger partial charge on any atom is 0.262 e. The molecule has 30 heavy (non-hydrogen) atoms. The number of hydrogen-bond donors (Lipinski definition) is 0. The van der Waals surface area contributed by atoms with Gasteiger partial charge >= 0.3 is 0 Å². The normalized spacial score (nSPS) is 13.8. The third kappa shape index (κ3) is 3.35. The van der Waals surface area contributed by atoms with E-state index in [4.69, 9.17) is 5.26 Å². The van der Waals surface area contributed by atoms with E-state index in [1.54, 1.807) is 43.3 Å². The van der Waals surface area contributed by atoms with E-state index in [1.165, 1.54) is 15.8 Å². The van der Waals surface area contributed by atoms with Crippen molar-refractivity contribution in [2.75, 3.05) is 0 Å². The first-order valence-electron chi connectivity index (χ1n) is 9.22. The van der Waals surface area contributed by atoms with Crippen LogP contribution in [-0.2, 0) is 0 Å². The number of rotatable bonds is 4. The highest BCUT2D eigenvalue weighted by Gasteiger charge is 2.40. The molecule has 0 saturated carbocycles. The van der Waals surface area contributed by atoms with Crippen LogP contribution in [0.25, 0.3) is 5.82 Å². The van der Waals surface area contributed by atoms with Crippen molar-refractivity contribution in [1.29, 1.82) is 5.26 Å². The first kappa shape index (κ1) is 21.2. The lowest BCUT2D eigenvalue weighted by atomic mass is 10.1. The zero-order chi connectivity index (χ0) is 20.7. The largest absolute Gasteiger partial charge is 0.269 e. The minimum atomic E-state index is -0.653. The van der Waals surface area contributed by atoms with E-state index < -0.39 is 6.04 Å². The molecule has 1 aliphatic rings. The summed E-state index contributed by atoms with van der Waals surface area (Å²) in [7, 11) is 0. The molecule has 0 spiro atoms. The summed E-state index contributed by atoms with van der Waals surface area (Å²) in [5, 5.41) is 13.5. The Morgan fingerprint density at radius 2 is 1.63 bits per heavy atom. The Bertz CT molecular complexity index is 1130. The fourth-order valence-electron chi connectivity index (χ4n) is 3.28. The number of amides is 2. The monoisotopic (exact) mass is 420 g/mol. The van der Waals surface area contributed by atoms with Crippen LogP contribution in [0.4, 0.5) is 0 Å². The number of carbonyl (C=O) groups is 2. The first-order chi connectivity index (χ1) is 13.9. The smallest absolute Gasteiger partial charge is 0.262 e. The molecule has 2 amide bonds. The summed E-state index contributed by atoms with van der Waals surface area (Å²) in [4.78, 5) is 35.9. The van der Waals surface area contributed by atoms with E-state index in [9.17, 15) is 9.59 Å². The highest BCUT2D eigenvalue weighted by Crippen LogP contribution is 2.31. The van der Waals surface area contributed by atoms with Gasteiger partial charge in [-0.3, -0.25) is 14.5 Å². The Morgan fingerprint density at radius 3 is 2.13 bits per heavy atom. The van der Waals surface area contributed by atoms with Crippen molar-refractivity contribution in [2.45, 2.75) is 32.7 Å². The summed E-state index contributed by atoms with van der Waals surface area (Å²) in [5.41, 5.74) is 1.19. The third-order valence-corrected chi connectivity index (χ3v) is 4.85. The number of nitrogens with zero attached hydrogens (tertiary/aromatic N) is 6. The topological polar surface area (TPSA) is 105 Å². The molecule has 9 heteroatoms. The van der Waals surface area contributed by atoms with Gasteiger partial charge in [0.2, 0.25) is 0 Å². The predicted molar refractivity (Wildman–Crippen MR) is 114 cm³/mol. The molecule has 8 nitrogen and oxygen atoms in total. The van der Waals surface area contributed by atoms with Crippen LogP contribution in [-0.4, -0.2) is 36.5 Å². The lowest BCUT2D eigenvalue weighted by Crippen LogP contribution is -2.34. The molecule has 1 atom stereocenters. The van der Waals surface area contributed by atoms with Gasteiger partial charge < -0.3 is 0 Å². The molecule has 0 aliphatic carbocycles. The molecule has 3 aromatic rings. The van der Waals surface area contributed by atoms with Crippen molar-refractivity contribution in [3.05, 3.63) is 70.9 Å². The van der Waals surface area contributed by atoms with Gasteiger partial charge in [0.1, 0.15) is 6.07 Å². The van der Waals surface area contributed by atoms with Gasteiger partial charge in [0.05, 0.1) is 22.7 Å². The van der Waals surface area contributed by atoms with Crippen LogP contribution in [0, 0.1) is 11.3 Å². The van der Waals surface area contributed by atoms with Crippen LogP contribution < -0.4 is 0 Å².